The Morgan fingerprint density at radius 3 is 2.26 bits per heavy atom. The summed E-state index contributed by atoms with van der Waals surface area (Å²) in [7, 11) is 0. The third-order valence-electron chi connectivity index (χ3n) is 6.35. The molecular weight excluding hydrogens is 442 g/mol. The molecule has 34 heavy (non-hydrogen) atoms. The number of nitrogens with zero attached hydrogens (tertiary/aromatic N) is 5. The molecule has 0 amide bonds. The lowest BCUT2D eigenvalue weighted by atomic mass is 10.3. The van der Waals surface area contributed by atoms with Crippen LogP contribution in [0.4, 0.5) is 0 Å². The third-order valence-corrected chi connectivity index (χ3v) is 7.37. The van der Waals surface area contributed by atoms with Crippen LogP contribution in [0.2, 0.25) is 0 Å². The van der Waals surface area contributed by atoms with Crippen LogP contribution in [0.15, 0.2) is 78.9 Å². The van der Waals surface area contributed by atoms with E-state index in [1.807, 2.05) is 47.7 Å². The molecule has 1 saturated heterocycles. The van der Waals surface area contributed by atoms with Gasteiger partial charge in [-0.1, -0.05) is 42.5 Å². The van der Waals surface area contributed by atoms with Gasteiger partial charge in [0.15, 0.2) is 0 Å². The molecule has 0 bridgehead atoms. The fourth-order valence-electron chi connectivity index (χ4n) is 4.53. The molecule has 5 aromatic rings. The van der Waals surface area contributed by atoms with Gasteiger partial charge in [0, 0.05) is 26.2 Å². The number of benzene rings is 3. The van der Waals surface area contributed by atoms with E-state index in [1.54, 1.807) is 0 Å². The van der Waals surface area contributed by atoms with Gasteiger partial charge in [-0.15, -0.1) is 11.3 Å². The predicted molar refractivity (Wildman–Crippen MR) is 137 cm³/mol. The predicted octanol–water partition coefficient (Wildman–Crippen LogP) is 5.00. The monoisotopic (exact) mass is 469 g/mol. The molecule has 3 aromatic carbocycles. The van der Waals surface area contributed by atoms with Crippen molar-refractivity contribution in [2.24, 2.45) is 0 Å². The SMILES string of the molecule is c1ccc(OCc2nc3ccccc3n2CN2CCN(Cc3nc4ccccc4s3)CC2)cc1. The zero-order valence-corrected chi connectivity index (χ0v) is 19.8. The van der Waals surface area contributed by atoms with Gasteiger partial charge in [0.1, 0.15) is 23.2 Å². The Kier molecular flexibility index (Phi) is 5.97. The Morgan fingerprint density at radius 2 is 1.44 bits per heavy atom. The van der Waals surface area contributed by atoms with Crippen LogP contribution in [-0.2, 0) is 19.8 Å². The molecule has 1 aliphatic rings. The summed E-state index contributed by atoms with van der Waals surface area (Å²) in [5.41, 5.74) is 3.29. The van der Waals surface area contributed by atoms with Crippen LogP contribution in [0.1, 0.15) is 10.8 Å². The van der Waals surface area contributed by atoms with Crippen molar-refractivity contribution in [3.8, 4) is 5.75 Å². The summed E-state index contributed by atoms with van der Waals surface area (Å²) >= 11 is 1.81. The van der Waals surface area contributed by atoms with Crippen LogP contribution in [0.5, 0.6) is 5.75 Å². The van der Waals surface area contributed by atoms with E-state index in [1.165, 1.54) is 9.71 Å². The average Bonchev–Trinajstić information content (AvgIpc) is 3.45. The van der Waals surface area contributed by atoms with Crippen molar-refractivity contribution in [1.82, 2.24) is 24.3 Å². The Bertz CT molecular complexity index is 1360. The highest BCUT2D eigenvalue weighted by molar-refractivity contribution is 7.18. The highest BCUT2D eigenvalue weighted by Gasteiger charge is 2.20. The molecule has 0 saturated carbocycles. The van der Waals surface area contributed by atoms with Crippen LogP contribution in [0, 0.1) is 0 Å². The van der Waals surface area contributed by atoms with Gasteiger partial charge < -0.3 is 9.30 Å². The fourth-order valence-corrected chi connectivity index (χ4v) is 5.54. The normalized spacial score (nSPS) is 15.3. The first kappa shape index (κ1) is 21.3. The first-order chi connectivity index (χ1) is 16.8. The van der Waals surface area contributed by atoms with Gasteiger partial charge in [0.05, 0.1) is 34.5 Å². The van der Waals surface area contributed by atoms with Crippen molar-refractivity contribution < 1.29 is 4.74 Å². The van der Waals surface area contributed by atoms with Crippen molar-refractivity contribution in [3.63, 3.8) is 0 Å². The minimum atomic E-state index is 0.455. The van der Waals surface area contributed by atoms with Gasteiger partial charge >= 0.3 is 0 Å². The topological polar surface area (TPSA) is 46.4 Å². The van der Waals surface area contributed by atoms with Gasteiger partial charge in [-0.05, 0) is 36.4 Å². The molecular formula is C27H27N5OS. The zero-order valence-electron chi connectivity index (χ0n) is 19.0. The first-order valence-corrected chi connectivity index (χ1v) is 12.5. The molecule has 0 N–H and O–H groups in total. The number of para-hydroxylation sites is 4. The molecule has 7 heteroatoms. The lowest BCUT2D eigenvalue weighted by Gasteiger charge is -2.34. The lowest BCUT2D eigenvalue weighted by molar-refractivity contribution is 0.102. The van der Waals surface area contributed by atoms with Crippen LogP contribution in [0.3, 0.4) is 0 Å². The van der Waals surface area contributed by atoms with Crippen molar-refractivity contribution in [3.05, 3.63) is 89.7 Å². The maximum Gasteiger partial charge on any atom is 0.149 e. The third kappa shape index (κ3) is 4.55. The number of fused-ring (bicyclic) bond motifs is 2. The van der Waals surface area contributed by atoms with E-state index in [0.29, 0.717) is 6.61 Å². The molecule has 6 rings (SSSR count). The van der Waals surface area contributed by atoms with E-state index < -0.39 is 0 Å². The number of piperazine rings is 1. The van der Waals surface area contributed by atoms with E-state index in [4.69, 9.17) is 14.7 Å². The van der Waals surface area contributed by atoms with Gasteiger partial charge in [-0.25, -0.2) is 9.97 Å². The lowest BCUT2D eigenvalue weighted by Crippen LogP contribution is -2.46. The number of hydrogen-bond acceptors (Lipinski definition) is 6. The van der Waals surface area contributed by atoms with E-state index >= 15 is 0 Å². The molecule has 6 nitrogen and oxygen atoms in total. The van der Waals surface area contributed by atoms with Gasteiger partial charge in [0.2, 0.25) is 0 Å². The average molecular weight is 470 g/mol. The smallest absolute Gasteiger partial charge is 0.149 e. The molecule has 0 unspecified atom stereocenters. The summed E-state index contributed by atoms with van der Waals surface area (Å²) < 4.78 is 9.62. The standard InChI is InChI=1S/C27H27N5OS/c1-2-8-21(9-3-1)33-19-26-28-22-10-4-6-12-24(22)32(26)20-31-16-14-30(15-17-31)18-27-29-23-11-5-7-13-25(23)34-27/h1-13H,14-20H2. The molecule has 0 spiro atoms. The number of thiazole rings is 1. The molecule has 2 aromatic heterocycles. The summed E-state index contributed by atoms with van der Waals surface area (Å²) in [5.74, 6) is 1.83. The van der Waals surface area contributed by atoms with E-state index in [9.17, 15) is 0 Å². The van der Waals surface area contributed by atoms with Gasteiger partial charge in [-0.2, -0.15) is 0 Å². The number of aromatic nitrogens is 3. The summed E-state index contributed by atoms with van der Waals surface area (Å²) in [4.78, 5) is 14.7. The number of ether oxygens (including phenoxy) is 1. The maximum atomic E-state index is 6.04. The van der Waals surface area contributed by atoms with E-state index in [-0.39, 0.29) is 0 Å². The Morgan fingerprint density at radius 1 is 0.735 bits per heavy atom. The molecule has 0 aliphatic carbocycles. The van der Waals surface area contributed by atoms with Crippen LogP contribution < -0.4 is 4.74 Å². The maximum absolute atomic E-state index is 6.04. The van der Waals surface area contributed by atoms with Crippen molar-refractivity contribution in [2.75, 3.05) is 26.2 Å². The molecule has 1 fully saturated rings. The van der Waals surface area contributed by atoms with E-state index in [2.05, 4.69) is 56.8 Å². The summed E-state index contributed by atoms with van der Waals surface area (Å²) in [6, 6.07) is 26.7. The molecule has 3 heterocycles. The Hall–Kier alpha value is -3.26. The number of rotatable bonds is 7. The number of hydrogen-bond donors (Lipinski definition) is 0. The van der Waals surface area contributed by atoms with Crippen molar-refractivity contribution in [2.45, 2.75) is 19.8 Å². The second kappa shape index (κ2) is 9.54. The van der Waals surface area contributed by atoms with Gasteiger partial charge in [0.25, 0.3) is 0 Å². The Labute approximate surface area is 203 Å². The minimum Gasteiger partial charge on any atom is -0.486 e. The molecule has 1 aliphatic heterocycles. The number of imidazole rings is 1. The zero-order chi connectivity index (χ0) is 22.7. The fraction of sp³-hybridized carbons (Fsp3) is 0.259. The van der Waals surface area contributed by atoms with Crippen molar-refractivity contribution >= 4 is 32.6 Å². The summed E-state index contributed by atoms with van der Waals surface area (Å²) in [6.07, 6.45) is 0. The Balaban J connectivity index is 1.12. The highest BCUT2D eigenvalue weighted by atomic mass is 32.1. The summed E-state index contributed by atoms with van der Waals surface area (Å²) in [6.45, 7) is 6.33. The van der Waals surface area contributed by atoms with Crippen LogP contribution in [0.25, 0.3) is 21.3 Å². The van der Waals surface area contributed by atoms with Crippen LogP contribution >= 0.6 is 11.3 Å². The summed E-state index contributed by atoms with van der Waals surface area (Å²) in [5, 5.41) is 1.20. The second-order valence-corrected chi connectivity index (χ2v) is 9.77. The second-order valence-electron chi connectivity index (χ2n) is 8.66. The first-order valence-electron chi connectivity index (χ1n) is 11.7. The van der Waals surface area contributed by atoms with Crippen LogP contribution in [-0.4, -0.2) is 50.5 Å². The van der Waals surface area contributed by atoms with E-state index in [0.717, 1.165) is 67.5 Å². The highest BCUT2D eigenvalue weighted by Crippen LogP contribution is 2.24. The minimum absolute atomic E-state index is 0.455. The molecule has 0 radical (unpaired) electrons. The van der Waals surface area contributed by atoms with Gasteiger partial charge in [-0.3, -0.25) is 9.80 Å². The van der Waals surface area contributed by atoms with Crippen molar-refractivity contribution in [1.29, 1.82) is 0 Å². The molecule has 172 valence electrons. The molecule has 0 atom stereocenters. The quantitative estimate of drug-likeness (QED) is 0.336. The largest absolute Gasteiger partial charge is 0.486 e.